The normalized spacial score (nSPS) is 13.4. The first-order valence-electron chi connectivity index (χ1n) is 8.35. The summed E-state index contributed by atoms with van der Waals surface area (Å²) < 4.78 is 24.0. The van der Waals surface area contributed by atoms with Gasteiger partial charge in [0.2, 0.25) is 5.91 Å². The molecule has 0 spiro atoms. The molecule has 5 heteroatoms. The van der Waals surface area contributed by atoms with Gasteiger partial charge in [-0.25, -0.2) is 4.39 Å². The van der Waals surface area contributed by atoms with E-state index in [-0.39, 0.29) is 24.2 Å². The van der Waals surface area contributed by atoms with Gasteiger partial charge < -0.3 is 14.4 Å². The van der Waals surface area contributed by atoms with E-state index in [0.717, 1.165) is 24.0 Å². The maximum absolute atomic E-state index is 13.4. The second kappa shape index (κ2) is 7.55. The van der Waals surface area contributed by atoms with Gasteiger partial charge in [0.15, 0.2) is 0 Å². The van der Waals surface area contributed by atoms with Crippen molar-refractivity contribution in [2.75, 3.05) is 14.2 Å². The van der Waals surface area contributed by atoms with Gasteiger partial charge in [-0.3, -0.25) is 4.79 Å². The molecule has 1 aliphatic carbocycles. The lowest BCUT2D eigenvalue weighted by atomic mass is 10.1. The van der Waals surface area contributed by atoms with E-state index in [2.05, 4.69) is 0 Å². The van der Waals surface area contributed by atoms with Gasteiger partial charge in [-0.15, -0.1) is 0 Å². The van der Waals surface area contributed by atoms with Crippen LogP contribution in [0.3, 0.4) is 0 Å². The van der Waals surface area contributed by atoms with E-state index in [1.165, 1.54) is 12.1 Å². The Morgan fingerprint density at radius 1 is 1.16 bits per heavy atom. The highest BCUT2D eigenvalue weighted by molar-refractivity contribution is 5.80. The van der Waals surface area contributed by atoms with Gasteiger partial charge in [0.25, 0.3) is 0 Å². The minimum atomic E-state index is -0.282. The molecule has 132 valence electrons. The molecule has 1 aliphatic rings. The number of hydrogen-bond donors (Lipinski definition) is 0. The van der Waals surface area contributed by atoms with Crippen molar-refractivity contribution in [3.8, 4) is 11.5 Å². The Morgan fingerprint density at radius 2 is 1.96 bits per heavy atom. The third-order valence-electron chi connectivity index (χ3n) is 4.38. The molecule has 0 N–H and O–H groups in total. The minimum Gasteiger partial charge on any atom is -0.497 e. The smallest absolute Gasteiger partial charge is 0.227 e. The van der Waals surface area contributed by atoms with E-state index in [0.29, 0.717) is 18.0 Å². The van der Waals surface area contributed by atoms with Crippen LogP contribution in [0, 0.1) is 5.82 Å². The van der Waals surface area contributed by atoms with E-state index in [1.807, 2.05) is 17.0 Å². The first-order valence-corrected chi connectivity index (χ1v) is 8.35. The van der Waals surface area contributed by atoms with Crippen LogP contribution >= 0.6 is 0 Å². The van der Waals surface area contributed by atoms with Crippen LogP contribution in [0.5, 0.6) is 11.5 Å². The Balaban J connectivity index is 1.77. The molecule has 0 aromatic heterocycles. The fraction of sp³-hybridized carbons (Fsp3) is 0.350. The number of carbonyl (C=O) groups is 1. The van der Waals surface area contributed by atoms with E-state index >= 15 is 0 Å². The molecule has 2 aromatic rings. The number of carbonyl (C=O) groups excluding carboxylic acids is 1. The quantitative estimate of drug-likeness (QED) is 0.771. The molecule has 0 heterocycles. The van der Waals surface area contributed by atoms with Crippen molar-refractivity contribution in [2.45, 2.75) is 31.8 Å². The summed E-state index contributed by atoms with van der Waals surface area (Å²) in [5.41, 5.74) is 1.59. The van der Waals surface area contributed by atoms with Crippen LogP contribution in [0.4, 0.5) is 4.39 Å². The highest BCUT2D eigenvalue weighted by Crippen LogP contribution is 2.31. The number of methoxy groups -OCH3 is 2. The van der Waals surface area contributed by atoms with Crippen molar-refractivity contribution >= 4 is 5.91 Å². The Morgan fingerprint density at radius 3 is 2.60 bits per heavy atom. The lowest BCUT2D eigenvalue weighted by Crippen LogP contribution is -2.33. The fourth-order valence-corrected chi connectivity index (χ4v) is 2.92. The van der Waals surface area contributed by atoms with Gasteiger partial charge in [-0.05, 0) is 48.7 Å². The molecule has 1 fully saturated rings. The molecule has 2 aromatic carbocycles. The summed E-state index contributed by atoms with van der Waals surface area (Å²) in [4.78, 5) is 14.7. The number of amides is 1. The predicted molar refractivity (Wildman–Crippen MR) is 93.2 cm³/mol. The van der Waals surface area contributed by atoms with Crippen LogP contribution in [0.25, 0.3) is 0 Å². The molecule has 1 amide bonds. The van der Waals surface area contributed by atoms with Gasteiger partial charge in [0, 0.05) is 18.2 Å². The molecule has 4 nitrogen and oxygen atoms in total. The lowest BCUT2D eigenvalue weighted by molar-refractivity contribution is -0.131. The number of ether oxygens (including phenoxy) is 2. The standard InChI is InChI=1S/C20H22FNO3/c1-24-18-8-9-19(25-2)15(11-18)12-20(23)22(17-6-7-17)13-14-4-3-5-16(21)10-14/h3-5,8-11,17H,6-7,12-13H2,1-2H3. The maximum atomic E-state index is 13.4. The van der Waals surface area contributed by atoms with Crippen LogP contribution < -0.4 is 9.47 Å². The molecule has 0 atom stereocenters. The molecule has 3 rings (SSSR count). The largest absolute Gasteiger partial charge is 0.497 e. The fourth-order valence-electron chi connectivity index (χ4n) is 2.92. The summed E-state index contributed by atoms with van der Waals surface area (Å²) in [7, 11) is 3.18. The molecule has 1 saturated carbocycles. The first-order chi connectivity index (χ1) is 12.1. The van der Waals surface area contributed by atoms with Crippen molar-refractivity contribution in [3.05, 3.63) is 59.4 Å². The van der Waals surface area contributed by atoms with Crippen LogP contribution in [-0.2, 0) is 17.8 Å². The van der Waals surface area contributed by atoms with E-state index in [1.54, 1.807) is 32.4 Å². The average molecular weight is 343 g/mol. The predicted octanol–water partition coefficient (Wildman–Crippen LogP) is 3.58. The second-order valence-electron chi connectivity index (χ2n) is 6.24. The summed E-state index contributed by atoms with van der Waals surface area (Å²) in [5.74, 6) is 1.08. The second-order valence-corrected chi connectivity index (χ2v) is 6.24. The first kappa shape index (κ1) is 17.3. The highest BCUT2D eigenvalue weighted by atomic mass is 19.1. The third-order valence-corrected chi connectivity index (χ3v) is 4.38. The number of rotatable bonds is 7. The molecular formula is C20H22FNO3. The zero-order chi connectivity index (χ0) is 17.8. The molecule has 0 aliphatic heterocycles. The molecule has 0 radical (unpaired) electrons. The van der Waals surface area contributed by atoms with Gasteiger partial charge in [0.1, 0.15) is 17.3 Å². The Hall–Kier alpha value is -2.56. The molecule has 0 bridgehead atoms. The third kappa shape index (κ3) is 4.29. The van der Waals surface area contributed by atoms with Gasteiger partial charge in [-0.1, -0.05) is 12.1 Å². The minimum absolute atomic E-state index is 0.0123. The maximum Gasteiger partial charge on any atom is 0.227 e. The van der Waals surface area contributed by atoms with Gasteiger partial charge >= 0.3 is 0 Å². The number of hydrogen-bond acceptors (Lipinski definition) is 3. The average Bonchev–Trinajstić information content (AvgIpc) is 3.44. The van der Waals surface area contributed by atoms with E-state index in [9.17, 15) is 9.18 Å². The van der Waals surface area contributed by atoms with Gasteiger partial charge in [-0.2, -0.15) is 0 Å². The zero-order valence-electron chi connectivity index (χ0n) is 14.5. The van der Waals surface area contributed by atoms with Crippen molar-refractivity contribution in [2.24, 2.45) is 0 Å². The Bertz CT molecular complexity index is 758. The SMILES string of the molecule is COc1ccc(OC)c(CC(=O)N(Cc2cccc(F)c2)C2CC2)c1. The number of benzene rings is 2. The van der Waals surface area contributed by atoms with Crippen LogP contribution in [0.15, 0.2) is 42.5 Å². The van der Waals surface area contributed by atoms with Crippen molar-refractivity contribution in [3.63, 3.8) is 0 Å². The van der Waals surface area contributed by atoms with Crippen LogP contribution in [-0.4, -0.2) is 31.1 Å². The summed E-state index contributed by atoms with van der Waals surface area (Å²) in [6, 6.07) is 12.1. The van der Waals surface area contributed by atoms with E-state index < -0.39 is 0 Å². The summed E-state index contributed by atoms with van der Waals surface area (Å²) >= 11 is 0. The number of halogens is 1. The van der Waals surface area contributed by atoms with Gasteiger partial charge in [0.05, 0.1) is 20.6 Å². The Labute approximate surface area is 147 Å². The topological polar surface area (TPSA) is 38.8 Å². The van der Waals surface area contributed by atoms with Crippen molar-refractivity contribution in [1.29, 1.82) is 0 Å². The lowest BCUT2D eigenvalue weighted by Gasteiger charge is -2.23. The van der Waals surface area contributed by atoms with Crippen LogP contribution in [0.1, 0.15) is 24.0 Å². The summed E-state index contributed by atoms with van der Waals surface area (Å²) in [6.07, 6.45) is 2.22. The molecular weight excluding hydrogens is 321 g/mol. The molecule has 25 heavy (non-hydrogen) atoms. The molecule has 0 saturated heterocycles. The highest BCUT2D eigenvalue weighted by Gasteiger charge is 2.32. The summed E-state index contributed by atoms with van der Waals surface area (Å²) in [5, 5.41) is 0. The Kier molecular flexibility index (Phi) is 5.22. The number of nitrogens with zero attached hydrogens (tertiary/aromatic N) is 1. The van der Waals surface area contributed by atoms with Crippen molar-refractivity contribution in [1.82, 2.24) is 4.90 Å². The van der Waals surface area contributed by atoms with Crippen LogP contribution in [0.2, 0.25) is 0 Å². The summed E-state index contributed by atoms with van der Waals surface area (Å²) in [6.45, 7) is 0.424. The monoisotopic (exact) mass is 343 g/mol. The zero-order valence-corrected chi connectivity index (χ0v) is 14.5. The van der Waals surface area contributed by atoms with E-state index in [4.69, 9.17) is 9.47 Å². The van der Waals surface area contributed by atoms with Crippen molar-refractivity contribution < 1.29 is 18.7 Å². The molecule has 0 unspecified atom stereocenters.